The Morgan fingerprint density at radius 1 is 1.03 bits per heavy atom. The average molecular weight is 430 g/mol. The zero-order valence-corrected chi connectivity index (χ0v) is 18.1. The molecule has 0 saturated carbocycles. The molecule has 2 aromatic carbocycles. The van der Waals surface area contributed by atoms with Crippen molar-refractivity contribution in [1.82, 2.24) is 0 Å². The molecule has 7 nitrogen and oxygen atoms in total. The maximum absolute atomic E-state index is 11.5. The number of aryl methyl sites for hydroxylation is 1. The normalized spacial score (nSPS) is 25.6. The second-order valence-corrected chi connectivity index (χ2v) is 7.77. The summed E-state index contributed by atoms with van der Waals surface area (Å²) < 4.78 is 21.7. The average Bonchev–Trinajstić information content (AvgIpc) is 2.76. The Hall–Kier alpha value is -2.61. The fourth-order valence-electron chi connectivity index (χ4n) is 3.48. The van der Waals surface area contributed by atoms with E-state index in [1.54, 1.807) is 19.9 Å². The molecule has 0 aromatic heterocycles. The zero-order chi connectivity index (χ0) is 22.4. The highest BCUT2D eigenvalue weighted by Gasteiger charge is 2.44. The Kier molecular flexibility index (Phi) is 7.90. The van der Waals surface area contributed by atoms with Crippen LogP contribution in [0.25, 0.3) is 0 Å². The van der Waals surface area contributed by atoms with Crippen molar-refractivity contribution in [3.05, 3.63) is 65.2 Å². The van der Waals surface area contributed by atoms with Gasteiger partial charge in [0.05, 0.1) is 12.7 Å². The van der Waals surface area contributed by atoms with Crippen molar-refractivity contribution in [2.75, 3.05) is 13.2 Å². The summed E-state index contributed by atoms with van der Waals surface area (Å²) in [7, 11) is 0. The number of rotatable bonds is 7. The summed E-state index contributed by atoms with van der Waals surface area (Å²) in [5.41, 5.74) is 3.24. The molecule has 3 rings (SSSR count). The monoisotopic (exact) mass is 430 g/mol. The molecular formula is C24H30O7. The number of aliphatic hydroxyl groups excluding tert-OH is 2. The van der Waals surface area contributed by atoms with Crippen molar-refractivity contribution < 1.29 is 34.0 Å². The van der Waals surface area contributed by atoms with E-state index >= 15 is 0 Å². The Morgan fingerprint density at radius 3 is 2.45 bits per heavy atom. The largest absolute Gasteiger partial charge is 0.508 e. The third-order valence-electron chi connectivity index (χ3n) is 5.42. The van der Waals surface area contributed by atoms with Gasteiger partial charge in [0.25, 0.3) is 0 Å². The van der Waals surface area contributed by atoms with E-state index in [1.165, 1.54) is 5.56 Å². The summed E-state index contributed by atoms with van der Waals surface area (Å²) in [6.07, 6.45) is -4.27. The number of carbonyl (C=O) groups excluding carboxylic acids is 1. The summed E-state index contributed by atoms with van der Waals surface area (Å²) in [6.45, 7) is 5.52. The lowest BCUT2D eigenvalue weighted by atomic mass is 9.91. The van der Waals surface area contributed by atoms with Crippen molar-refractivity contribution in [1.29, 1.82) is 0 Å². The smallest absolute Gasteiger partial charge is 0.462 e. The minimum Gasteiger partial charge on any atom is -0.462 e. The summed E-state index contributed by atoms with van der Waals surface area (Å²) in [5, 5.41) is 21.0. The molecular weight excluding hydrogens is 400 g/mol. The van der Waals surface area contributed by atoms with E-state index in [2.05, 4.69) is 24.3 Å². The Labute approximate surface area is 182 Å². The third kappa shape index (κ3) is 5.97. The lowest BCUT2D eigenvalue weighted by Gasteiger charge is -2.41. The van der Waals surface area contributed by atoms with Gasteiger partial charge in [-0.3, -0.25) is 0 Å². The first-order valence-electron chi connectivity index (χ1n) is 10.5. The van der Waals surface area contributed by atoms with Gasteiger partial charge in [0.15, 0.2) is 0 Å². The van der Waals surface area contributed by atoms with Crippen molar-refractivity contribution in [2.24, 2.45) is 5.92 Å². The first-order valence-corrected chi connectivity index (χ1v) is 10.5. The molecule has 2 aromatic rings. The van der Waals surface area contributed by atoms with Crippen LogP contribution in [0.3, 0.4) is 0 Å². The number of benzene rings is 2. The number of ether oxygens (including phenoxy) is 4. The van der Waals surface area contributed by atoms with Gasteiger partial charge in [0.1, 0.15) is 24.6 Å². The molecule has 0 aliphatic carbocycles. The van der Waals surface area contributed by atoms with Crippen LogP contribution in [0, 0.1) is 12.8 Å². The predicted octanol–water partition coefficient (Wildman–Crippen LogP) is 3.22. The summed E-state index contributed by atoms with van der Waals surface area (Å²) in [5.74, 6) is 0.0889. The fourth-order valence-corrected chi connectivity index (χ4v) is 3.48. The molecule has 0 amide bonds. The van der Waals surface area contributed by atoms with Gasteiger partial charge in [-0.15, -0.1) is 0 Å². The van der Waals surface area contributed by atoms with E-state index in [9.17, 15) is 15.0 Å². The molecule has 1 aliphatic heterocycles. The van der Waals surface area contributed by atoms with Gasteiger partial charge in [0.2, 0.25) is 6.29 Å². The van der Waals surface area contributed by atoms with Crippen LogP contribution in [-0.2, 0) is 20.6 Å². The van der Waals surface area contributed by atoms with E-state index in [0.29, 0.717) is 12.2 Å². The van der Waals surface area contributed by atoms with Crippen LogP contribution in [0.4, 0.5) is 4.79 Å². The Balaban J connectivity index is 1.71. The second kappa shape index (κ2) is 10.6. The fraction of sp³-hybridized carbons (Fsp3) is 0.458. The van der Waals surface area contributed by atoms with E-state index in [0.717, 1.165) is 11.1 Å². The SMILES string of the molecule is CCOC(=O)OC[C@H]1O[C@@H](Oc2ccccc2Cc2ccc(C)cc2)[C@H](O)[C@@H](O)[C@@H]1C. The Bertz CT molecular complexity index is 851. The molecule has 5 atom stereocenters. The van der Waals surface area contributed by atoms with Crippen LogP contribution >= 0.6 is 0 Å². The molecule has 0 bridgehead atoms. The zero-order valence-electron chi connectivity index (χ0n) is 18.1. The van der Waals surface area contributed by atoms with Gasteiger partial charge >= 0.3 is 6.16 Å². The highest BCUT2D eigenvalue weighted by atomic mass is 16.7. The van der Waals surface area contributed by atoms with Crippen LogP contribution < -0.4 is 4.74 Å². The van der Waals surface area contributed by atoms with E-state index in [1.807, 2.05) is 25.1 Å². The van der Waals surface area contributed by atoms with Crippen molar-refractivity contribution in [3.8, 4) is 5.75 Å². The molecule has 7 heteroatoms. The molecule has 1 heterocycles. The number of hydrogen-bond acceptors (Lipinski definition) is 7. The van der Waals surface area contributed by atoms with E-state index in [-0.39, 0.29) is 13.2 Å². The van der Waals surface area contributed by atoms with Gasteiger partial charge in [-0.05, 0) is 31.0 Å². The summed E-state index contributed by atoms with van der Waals surface area (Å²) >= 11 is 0. The third-order valence-corrected chi connectivity index (χ3v) is 5.42. The van der Waals surface area contributed by atoms with Crippen LogP contribution in [0.2, 0.25) is 0 Å². The molecule has 0 unspecified atom stereocenters. The van der Waals surface area contributed by atoms with Gasteiger partial charge in [-0.25, -0.2) is 4.79 Å². The maximum atomic E-state index is 11.5. The van der Waals surface area contributed by atoms with Crippen molar-refractivity contribution in [3.63, 3.8) is 0 Å². The highest BCUT2D eigenvalue weighted by molar-refractivity contribution is 5.59. The van der Waals surface area contributed by atoms with Crippen LogP contribution in [-0.4, -0.2) is 54.2 Å². The van der Waals surface area contributed by atoms with E-state index in [4.69, 9.17) is 18.9 Å². The second-order valence-electron chi connectivity index (χ2n) is 7.77. The summed E-state index contributed by atoms with van der Waals surface area (Å²) in [4.78, 5) is 11.5. The highest BCUT2D eigenvalue weighted by Crippen LogP contribution is 2.30. The van der Waals surface area contributed by atoms with Crippen molar-refractivity contribution in [2.45, 2.75) is 51.8 Å². The van der Waals surface area contributed by atoms with Crippen molar-refractivity contribution >= 4 is 6.16 Å². The quantitative estimate of drug-likeness (QED) is 0.652. The lowest BCUT2D eigenvalue weighted by Crippen LogP contribution is -2.56. The van der Waals surface area contributed by atoms with Gasteiger partial charge in [0, 0.05) is 12.3 Å². The minimum absolute atomic E-state index is 0.116. The first-order chi connectivity index (χ1) is 14.9. The summed E-state index contributed by atoms with van der Waals surface area (Å²) in [6, 6.07) is 15.7. The number of aliphatic hydroxyl groups is 2. The minimum atomic E-state index is -1.25. The van der Waals surface area contributed by atoms with Gasteiger partial charge in [-0.1, -0.05) is 55.0 Å². The molecule has 0 spiro atoms. The number of carbonyl (C=O) groups is 1. The molecule has 1 aliphatic rings. The molecule has 2 N–H and O–H groups in total. The molecule has 168 valence electrons. The number of hydrogen-bond donors (Lipinski definition) is 2. The van der Waals surface area contributed by atoms with Gasteiger partial charge in [-0.2, -0.15) is 0 Å². The molecule has 1 fully saturated rings. The Morgan fingerprint density at radius 2 is 1.74 bits per heavy atom. The topological polar surface area (TPSA) is 94.5 Å². The van der Waals surface area contributed by atoms with Gasteiger partial charge < -0.3 is 29.2 Å². The maximum Gasteiger partial charge on any atom is 0.508 e. The predicted molar refractivity (Wildman–Crippen MR) is 114 cm³/mol. The van der Waals surface area contributed by atoms with Crippen LogP contribution in [0.15, 0.2) is 48.5 Å². The first kappa shape index (κ1) is 23.1. The molecule has 31 heavy (non-hydrogen) atoms. The molecule has 1 saturated heterocycles. The standard InChI is InChI=1S/C24H30O7/c1-4-28-24(27)29-14-20-16(3)21(25)22(26)23(31-20)30-19-8-6-5-7-18(19)13-17-11-9-15(2)10-12-17/h5-12,16,20-23,25-26H,4,13-14H2,1-3H3/t16-,20-,21+,22-,23-/m1/s1. The van der Waals surface area contributed by atoms with Crippen LogP contribution in [0.5, 0.6) is 5.75 Å². The molecule has 0 radical (unpaired) electrons. The number of para-hydroxylation sites is 1. The lowest BCUT2D eigenvalue weighted by molar-refractivity contribution is -0.261. The van der Waals surface area contributed by atoms with Crippen LogP contribution in [0.1, 0.15) is 30.5 Å². The van der Waals surface area contributed by atoms with E-state index < -0.39 is 36.7 Å².